The number of methoxy groups -OCH3 is 1. The lowest BCUT2D eigenvalue weighted by atomic mass is 10.1. The summed E-state index contributed by atoms with van der Waals surface area (Å²) in [5.41, 5.74) is -0.732. The van der Waals surface area contributed by atoms with Crippen molar-refractivity contribution in [1.29, 1.82) is 0 Å². The van der Waals surface area contributed by atoms with Crippen LogP contribution in [0, 0.1) is 11.6 Å². The summed E-state index contributed by atoms with van der Waals surface area (Å²) in [6.45, 7) is -0.260. The first-order chi connectivity index (χ1) is 13.4. The number of aromatic nitrogens is 1. The van der Waals surface area contributed by atoms with Crippen LogP contribution in [0.1, 0.15) is 35.7 Å². The van der Waals surface area contributed by atoms with Gasteiger partial charge in [0.1, 0.15) is 5.56 Å². The molecule has 3 rings (SSSR count). The largest absolute Gasteiger partial charge is 0.491 e. The Balaban J connectivity index is 2.12. The molecule has 9 heteroatoms. The zero-order valence-corrected chi connectivity index (χ0v) is 16.4. The average molecular weight is 412 g/mol. The number of pyridine rings is 1. The Kier molecular flexibility index (Phi) is 6.24. The summed E-state index contributed by atoms with van der Waals surface area (Å²) in [6.07, 6.45) is 5.43. The minimum atomic E-state index is -1.21. The third-order valence-corrected chi connectivity index (χ3v) is 5.42. The van der Waals surface area contributed by atoms with E-state index >= 15 is 0 Å². The van der Waals surface area contributed by atoms with Gasteiger partial charge in [-0.25, -0.2) is 4.39 Å². The molecule has 0 bridgehead atoms. The van der Waals surface area contributed by atoms with E-state index in [1.807, 2.05) is 6.26 Å². The highest BCUT2D eigenvalue weighted by Gasteiger charge is 2.30. The third kappa shape index (κ3) is 3.86. The molecule has 1 atom stereocenters. The summed E-state index contributed by atoms with van der Waals surface area (Å²) in [5.74, 6) is -2.64. The van der Waals surface area contributed by atoms with Gasteiger partial charge in [-0.1, -0.05) is 0 Å². The van der Waals surface area contributed by atoms with Crippen LogP contribution in [0.25, 0.3) is 10.9 Å². The number of aliphatic hydroxyl groups is 1. The quantitative estimate of drug-likeness (QED) is 0.696. The van der Waals surface area contributed by atoms with Crippen molar-refractivity contribution in [2.45, 2.75) is 31.3 Å². The molecule has 0 saturated heterocycles. The molecule has 1 fully saturated rings. The molecule has 1 aromatic carbocycles. The highest BCUT2D eigenvalue weighted by molar-refractivity contribution is 7.98. The summed E-state index contributed by atoms with van der Waals surface area (Å²) in [4.78, 5) is 25.6. The fourth-order valence-electron chi connectivity index (χ4n) is 3.15. The Labute approximate surface area is 164 Å². The number of nitrogens with zero attached hydrogens (tertiary/aromatic N) is 1. The van der Waals surface area contributed by atoms with Gasteiger partial charge in [-0.15, -0.1) is 0 Å². The Morgan fingerprint density at radius 2 is 2.18 bits per heavy atom. The number of ether oxygens (including phenoxy) is 1. The molecule has 0 radical (unpaired) electrons. The number of carbonyl (C=O) groups is 1. The maximum atomic E-state index is 14.2. The number of nitrogens with one attached hydrogen (secondary N) is 1. The van der Waals surface area contributed by atoms with Gasteiger partial charge < -0.3 is 19.7 Å². The molecule has 2 aromatic rings. The van der Waals surface area contributed by atoms with Gasteiger partial charge in [-0.3, -0.25) is 9.59 Å². The van der Waals surface area contributed by atoms with Crippen LogP contribution in [0.5, 0.6) is 5.75 Å². The Bertz CT molecular complexity index is 959. The van der Waals surface area contributed by atoms with Crippen molar-refractivity contribution >= 4 is 28.6 Å². The number of rotatable bonds is 8. The molecule has 1 aliphatic carbocycles. The van der Waals surface area contributed by atoms with Crippen LogP contribution in [0.3, 0.4) is 0 Å². The molecule has 0 aliphatic heterocycles. The van der Waals surface area contributed by atoms with Crippen molar-refractivity contribution in [2.24, 2.45) is 0 Å². The Morgan fingerprint density at radius 3 is 2.75 bits per heavy atom. The molecule has 152 valence electrons. The number of hydrogen-bond acceptors (Lipinski definition) is 5. The minimum Gasteiger partial charge on any atom is -0.491 e. The number of thioether (sulfide) groups is 1. The molecule has 0 spiro atoms. The summed E-state index contributed by atoms with van der Waals surface area (Å²) in [7, 11) is 1.21. The molecule has 1 amide bonds. The summed E-state index contributed by atoms with van der Waals surface area (Å²) >= 11 is 1.58. The van der Waals surface area contributed by atoms with Gasteiger partial charge in [0.2, 0.25) is 11.2 Å². The summed E-state index contributed by atoms with van der Waals surface area (Å²) in [6, 6.07) is 0.296. The van der Waals surface area contributed by atoms with Gasteiger partial charge in [0.25, 0.3) is 5.91 Å². The third-order valence-electron chi connectivity index (χ3n) is 4.78. The number of halogens is 2. The van der Waals surface area contributed by atoms with Crippen molar-refractivity contribution in [3.8, 4) is 5.75 Å². The lowest BCUT2D eigenvalue weighted by molar-refractivity contribution is 0.0913. The second-order valence-electron chi connectivity index (χ2n) is 6.75. The van der Waals surface area contributed by atoms with Crippen LogP contribution in [0.15, 0.2) is 17.1 Å². The van der Waals surface area contributed by atoms with Crippen molar-refractivity contribution in [1.82, 2.24) is 9.88 Å². The van der Waals surface area contributed by atoms with E-state index in [0.29, 0.717) is 6.42 Å². The second-order valence-corrected chi connectivity index (χ2v) is 7.73. The Hall–Kier alpha value is -2.13. The van der Waals surface area contributed by atoms with E-state index in [4.69, 9.17) is 4.74 Å². The minimum absolute atomic E-state index is 0.0152. The lowest BCUT2D eigenvalue weighted by Gasteiger charge is -2.18. The van der Waals surface area contributed by atoms with Crippen molar-refractivity contribution in [3.05, 3.63) is 39.7 Å². The van der Waals surface area contributed by atoms with E-state index in [-0.39, 0.29) is 34.9 Å². The van der Waals surface area contributed by atoms with Crippen molar-refractivity contribution in [2.75, 3.05) is 25.7 Å². The molecule has 1 heterocycles. The average Bonchev–Trinajstić information content (AvgIpc) is 3.52. The van der Waals surface area contributed by atoms with Crippen LogP contribution in [-0.4, -0.2) is 47.3 Å². The van der Waals surface area contributed by atoms with Crippen LogP contribution < -0.4 is 15.5 Å². The molecule has 28 heavy (non-hydrogen) atoms. The molecular formula is C19H22F2N2O4S. The molecule has 6 nitrogen and oxygen atoms in total. The zero-order chi connectivity index (χ0) is 20.4. The molecule has 2 N–H and O–H groups in total. The van der Waals surface area contributed by atoms with E-state index < -0.39 is 29.0 Å². The van der Waals surface area contributed by atoms with Gasteiger partial charge >= 0.3 is 0 Å². The molecule has 1 saturated carbocycles. The predicted octanol–water partition coefficient (Wildman–Crippen LogP) is 2.47. The fourth-order valence-corrected chi connectivity index (χ4v) is 3.67. The Morgan fingerprint density at radius 1 is 1.46 bits per heavy atom. The first-order valence-electron chi connectivity index (χ1n) is 8.94. The summed E-state index contributed by atoms with van der Waals surface area (Å²) in [5, 5.41) is 12.0. The van der Waals surface area contributed by atoms with E-state index in [0.717, 1.165) is 24.7 Å². The van der Waals surface area contributed by atoms with E-state index in [1.165, 1.54) is 13.3 Å². The van der Waals surface area contributed by atoms with Gasteiger partial charge in [-0.05, 0) is 37.3 Å². The molecule has 1 aromatic heterocycles. The maximum Gasteiger partial charge on any atom is 0.257 e. The van der Waals surface area contributed by atoms with Crippen LogP contribution >= 0.6 is 11.8 Å². The van der Waals surface area contributed by atoms with Crippen LogP contribution in [0.2, 0.25) is 0 Å². The molecule has 0 unspecified atom stereocenters. The van der Waals surface area contributed by atoms with Gasteiger partial charge in [0.15, 0.2) is 11.6 Å². The number of amides is 1. The molecular weight excluding hydrogens is 390 g/mol. The number of carbonyl (C=O) groups excluding carboxylic acids is 1. The normalized spacial score (nSPS) is 14.9. The van der Waals surface area contributed by atoms with Crippen molar-refractivity contribution < 1.29 is 23.4 Å². The van der Waals surface area contributed by atoms with E-state index in [9.17, 15) is 23.5 Å². The summed E-state index contributed by atoms with van der Waals surface area (Å²) < 4.78 is 34.9. The first-order valence-corrected chi connectivity index (χ1v) is 10.3. The number of fused-ring (bicyclic) bond motifs is 1. The van der Waals surface area contributed by atoms with Gasteiger partial charge in [0.05, 0.1) is 30.7 Å². The zero-order valence-electron chi connectivity index (χ0n) is 15.6. The number of benzene rings is 1. The SMILES string of the molecule is COc1c(F)c(F)cc2c(=O)c(C(=O)N[C@@H](CO)CCSC)cn(C3CC3)c12. The number of aliphatic hydroxyl groups excluding tert-OH is 1. The first kappa shape index (κ1) is 20.6. The van der Waals surface area contributed by atoms with Crippen molar-refractivity contribution in [3.63, 3.8) is 0 Å². The van der Waals surface area contributed by atoms with Gasteiger partial charge in [-0.2, -0.15) is 16.2 Å². The smallest absolute Gasteiger partial charge is 0.257 e. The van der Waals surface area contributed by atoms with E-state index in [1.54, 1.807) is 16.3 Å². The lowest BCUT2D eigenvalue weighted by Crippen LogP contribution is -2.40. The standard InChI is InChI=1S/C19H22F2N2O4S/c1-27-18-15(21)14(20)7-12-16(18)23(11-3-4-11)8-13(17(12)25)19(26)22-10(9-24)5-6-28-2/h7-8,10-11,24H,3-6,9H2,1-2H3,(H,22,26)/t10-/m1/s1. The highest BCUT2D eigenvalue weighted by Crippen LogP contribution is 2.40. The second kappa shape index (κ2) is 8.48. The fraction of sp³-hybridized carbons (Fsp3) is 0.474. The molecule has 1 aliphatic rings. The monoisotopic (exact) mass is 412 g/mol. The maximum absolute atomic E-state index is 14.2. The predicted molar refractivity (Wildman–Crippen MR) is 104 cm³/mol. The van der Waals surface area contributed by atoms with Crippen LogP contribution in [0.4, 0.5) is 8.78 Å². The topological polar surface area (TPSA) is 80.6 Å². The number of hydrogen-bond donors (Lipinski definition) is 2. The van der Waals surface area contributed by atoms with E-state index in [2.05, 4.69) is 5.32 Å². The van der Waals surface area contributed by atoms with Gasteiger partial charge in [0, 0.05) is 12.2 Å². The van der Waals surface area contributed by atoms with Crippen LogP contribution in [-0.2, 0) is 0 Å². The highest BCUT2D eigenvalue weighted by atomic mass is 32.2.